The monoisotopic (exact) mass is 165 g/mol. The highest BCUT2D eigenvalue weighted by Gasteiger charge is 1.93. The minimum atomic E-state index is -0.866. The van der Waals surface area contributed by atoms with Crippen molar-refractivity contribution in [3.63, 3.8) is 0 Å². The van der Waals surface area contributed by atoms with Crippen molar-refractivity contribution in [3.05, 3.63) is 10.1 Å². The molecule has 0 fully saturated rings. The third-order valence-corrected chi connectivity index (χ3v) is 0.871. The van der Waals surface area contributed by atoms with Crippen LogP contribution < -0.4 is 0 Å². The molecule has 0 aromatic rings. The van der Waals surface area contributed by atoms with Crippen LogP contribution in [0.25, 0.3) is 0 Å². The maximum Gasteiger partial charge on any atom is 0.294 e. The largest absolute Gasteiger partial charge is 0.396 e. The third-order valence-electron chi connectivity index (χ3n) is 0.871. The Hall–Kier alpha value is -0.880. The van der Waals surface area contributed by atoms with Crippen molar-refractivity contribution in [2.45, 2.75) is 6.42 Å². The molecule has 0 saturated carbocycles. The fraction of sp³-hybridized carbons (Fsp3) is 1.00. The molecular weight excluding hydrogens is 154 g/mol. The van der Waals surface area contributed by atoms with Crippen molar-refractivity contribution in [1.82, 2.24) is 0 Å². The quantitative estimate of drug-likeness (QED) is 0.315. The standard InChI is InChI=1S/C5H11NO5/c7-2-1-3-10-4-5-11-6(8)9/h7H,1-5H2. The highest BCUT2D eigenvalue weighted by Crippen LogP contribution is 1.81. The van der Waals surface area contributed by atoms with E-state index in [9.17, 15) is 10.1 Å². The van der Waals surface area contributed by atoms with Gasteiger partial charge in [-0.1, -0.05) is 0 Å². The predicted molar refractivity (Wildman–Crippen MR) is 35.5 cm³/mol. The van der Waals surface area contributed by atoms with Gasteiger partial charge in [0.1, 0.15) is 6.61 Å². The fourth-order valence-electron chi connectivity index (χ4n) is 0.439. The first kappa shape index (κ1) is 10.1. The second-order valence-corrected chi connectivity index (χ2v) is 1.75. The van der Waals surface area contributed by atoms with Crippen LogP contribution in [-0.4, -0.2) is 36.6 Å². The zero-order valence-corrected chi connectivity index (χ0v) is 6.06. The summed E-state index contributed by atoms with van der Waals surface area (Å²) in [6.45, 7) is 0.590. The highest BCUT2D eigenvalue weighted by atomic mass is 17.0. The van der Waals surface area contributed by atoms with Crippen molar-refractivity contribution < 1.29 is 19.8 Å². The number of hydrogen-bond acceptors (Lipinski definition) is 5. The first-order chi connectivity index (χ1) is 5.27. The topological polar surface area (TPSA) is 81.8 Å². The van der Waals surface area contributed by atoms with Crippen LogP contribution in [-0.2, 0) is 9.57 Å². The van der Waals surface area contributed by atoms with E-state index in [1.807, 2.05) is 0 Å². The number of aliphatic hydroxyl groups excluding tert-OH is 1. The Labute approximate surface area is 63.8 Å². The third kappa shape index (κ3) is 9.12. The number of rotatable bonds is 7. The fourth-order valence-corrected chi connectivity index (χ4v) is 0.439. The van der Waals surface area contributed by atoms with Crippen LogP contribution in [0.5, 0.6) is 0 Å². The molecule has 66 valence electrons. The van der Waals surface area contributed by atoms with Gasteiger partial charge in [0.25, 0.3) is 5.09 Å². The molecule has 0 aliphatic rings. The zero-order chi connectivity index (χ0) is 8.53. The highest BCUT2D eigenvalue weighted by molar-refractivity contribution is 4.31. The molecule has 0 atom stereocenters. The van der Waals surface area contributed by atoms with E-state index < -0.39 is 5.09 Å². The normalized spacial score (nSPS) is 9.55. The minimum Gasteiger partial charge on any atom is -0.396 e. The van der Waals surface area contributed by atoms with Gasteiger partial charge in [-0.2, -0.15) is 0 Å². The lowest BCUT2D eigenvalue weighted by molar-refractivity contribution is -0.758. The van der Waals surface area contributed by atoms with Crippen LogP contribution in [0.2, 0.25) is 0 Å². The van der Waals surface area contributed by atoms with Crippen LogP contribution >= 0.6 is 0 Å². The second kappa shape index (κ2) is 7.23. The summed E-state index contributed by atoms with van der Waals surface area (Å²) < 4.78 is 4.84. The minimum absolute atomic E-state index is 0.0571. The molecule has 0 heterocycles. The molecule has 0 rings (SSSR count). The summed E-state index contributed by atoms with van der Waals surface area (Å²) >= 11 is 0. The summed E-state index contributed by atoms with van der Waals surface area (Å²) in [6, 6.07) is 0. The first-order valence-electron chi connectivity index (χ1n) is 3.23. The molecule has 6 nitrogen and oxygen atoms in total. The molecular formula is C5H11NO5. The van der Waals surface area contributed by atoms with E-state index in [4.69, 9.17) is 9.84 Å². The van der Waals surface area contributed by atoms with Crippen molar-refractivity contribution in [3.8, 4) is 0 Å². The number of aliphatic hydroxyl groups is 1. The molecule has 0 aliphatic carbocycles. The average molecular weight is 165 g/mol. The van der Waals surface area contributed by atoms with E-state index in [0.29, 0.717) is 13.0 Å². The summed E-state index contributed by atoms with van der Waals surface area (Å²) in [5.41, 5.74) is 0. The summed E-state index contributed by atoms with van der Waals surface area (Å²) in [7, 11) is 0. The van der Waals surface area contributed by atoms with Gasteiger partial charge in [0.15, 0.2) is 0 Å². The van der Waals surface area contributed by atoms with Crippen LogP contribution in [0.15, 0.2) is 0 Å². The lowest BCUT2D eigenvalue weighted by Crippen LogP contribution is -2.09. The van der Waals surface area contributed by atoms with Crippen LogP contribution in [0.1, 0.15) is 6.42 Å². The Morgan fingerprint density at radius 2 is 2.09 bits per heavy atom. The molecule has 0 bridgehead atoms. The molecule has 0 aliphatic heterocycles. The maximum absolute atomic E-state index is 9.58. The summed E-state index contributed by atoms with van der Waals surface area (Å²) in [5, 5.41) is 17.0. The number of ether oxygens (including phenoxy) is 1. The van der Waals surface area contributed by atoms with Crippen molar-refractivity contribution >= 4 is 0 Å². The molecule has 0 unspecified atom stereocenters. The van der Waals surface area contributed by atoms with Gasteiger partial charge in [-0.25, -0.2) is 0 Å². The molecule has 0 amide bonds. The zero-order valence-electron chi connectivity index (χ0n) is 6.06. The molecule has 11 heavy (non-hydrogen) atoms. The van der Waals surface area contributed by atoms with Crippen LogP contribution in [0.4, 0.5) is 0 Å². The van der Waals surface area contributed by atoms with Gasteiger partial charge >= 0.3 is 0 Å². The van der Waals surface area contributed by atoms with E-state index in [0.717, 1.165) is 0 Å². The molecule has 1 N–H and O–H groups in total. The van der Waals surface area contributed by atoms with Gasteiger partial charge < -0.3 is 14.7 Å². The lowest BCUT2D eigenvalue weighted by Gasteiger charge is -2.00. The van der Waals surface area contributed by atoms with E-state index in [1.54, 1.807) is 0 Å². The van der Waals surface area contributed by atoms with E-state index in [1.165, 1.54) is 0 Å². The molecule has 0 aromatic carbocycles. The van der Waals surface area contributed by atoms with Gasteiger partial charge in [0.2, 0.25) is 0 Å². The number of hydrogen-bond donors (Lipinski definition) is 1. The van der Waals surface area contributed by atoms with Gasteiger partial charge in [0, 0.05) is 13.2 Å². The molecule has 0 radical (unpaired) electrons. The lowest BCUT2D eigenvalue weighted by atomic mass is 10.5. The van der Waals surface area contributed by atoms with Gasteiger partial charge in [-0.05, 0) is 6.42 Å². The van der Waals surface area contributed by atoms with Crippen LogP contribution in [0.3, 0.4) is 0 Å². The number of nitrogens with zero attached hydrogens (tertiary/aromatic N) is 1. The van der Waals surface area contributed by atoms with E-state index in [-0.39, 0.29) is 19.8 Å². The van der Waals surface area contributed by atoms with E-state index >= 15 is 0 Å². The Balaban J connectivity index is 2.85. The van der Waals surface area contributed by atoms with Gasteiger partial charge in [0.05, 0.1) is 6.61 Å². The summed E-state index contributed by atoms with van der Waals surface area (Å²) in [6.07, 6.45) is 0.540. The molecule has 0 spiro atoms. The second-order valence-electron chi connectivity index (χ2n) is 1.75. The average Bonchev–Trinajstić information content (AvgIpc) is 1.96. The van der Waals surface area contributed by atoms with E-state index in [2.05, 4.69) is 4.84 Å². The van der Waals surface area contributed by atoms with Crippen molar-refractivity contribution in [2.24, 2.45) is 0 Å². The first-order valence-corrected chi connectivity index (χ1v) is 3.23. The Kier molecular flexibility index (Phi) is 6.65. The summed E-state index contributed by atoms with van der Waals surface area (Å²) in [5.74, 6) is 0. The molecule has 0 saturated heterocycles. The predicted octanol–water partition coefficient (Wildman–Crippen LogP) is -0.406. The van der Waals surface area contributed by atoms with Crippen molar-refractivity contribution in [1.29, 1.82) is 0 Å². The molecule has 0 aromatic heterocycles. The molecule has 6 heteroatoms. The Morgan fingerprint density at radius 3 is 2.64 bits per heavy atom. The Bertz CT molecular complexity index is 107. The Morgan fingerprint density at radius 1 is 1.36 bits per heavy atom. The van der Waals surface area contributed by atoms with Gasteiger partial charge in [-0.15, -0.1) is 10.1 Å². The maximum atomic E-state index is 9.58. The smallest absolute Gasteiger partial charge is 0.294 e. The SMILES string of the molecule is O=[N+]([O-])OCCOCCCO. The van der Waals surface area contributed by atoms with Gasteiger partial charge in [-0.3, -0.25) is 0 Å². The van der Waals surface area contributed by atoms with Crippen LogP contribution in [0, 0.1) is 10.1 Å². The van der Waals surface area contributed by atoms with Crippen molar-refractivity contribution in [2.75, 3.05) is 26.4 Å². The summed E-state index contributed by atoms with van der Waals surface area (Å²) in [4.78, 5) is 13.5.